The van der Waals surface area contributed by atoms with E-state index in [-0.39, 0.29) is 0 Å². The lowest BCUT2D eigenvalue weighted by Gasteiger charge is -2.17. The molecule has 1 aliphatic rings. The van der Waals surface area contributed by atoms with Gasteiger partial charge in [-0.2, -0.15) is 0 Å². The Morgan fingerprint density at radius 3 is 3.00 bits per heavy atom. The lowest BCUT2D eigenvalue weighted by Crippen LogP contribution is -2.09. The maximum atomic E-state index is 11.1. The summed E-state index contributed by atoms with van der Waals surface area (Å²) in [5.41, 5.74) is 4.26. The summed E-state index contributed by atoms with van der Waals surface area (Å²) >= 11 is 1.27. The van der Waals surface area contributed by atoms with Crippen molar-refractivity contribution in [1.29, 1.82) is 0 Å². The fourth-order valence-corrected chi connectivity index (χ4v) is 2.99. The van der Waals surface area contributed by atoms with Crippen molar-refractivity contribution in [2.45, 2.75) is 13.0 Å². The predicted octanol–water partition coefficient (Wildman–Crippen LogP) is 3.19. The second kappa shape index (κ2) is 4.55. The van der Waals surface area contributed by atoms with E-state index in [1.807, 2.05) is 23.6 Å². The highest BCUT2D eigenvalue weighted by atomic mass is 32.1. The van der Waals surface area contributed by atoms with Gasteiger partial charge >= 0.3 is 5.97 Å². The number of hydrogen-bond acceptors (Lipinski definition) is 3. The number of hydrogen-bond donors (Lipinski definition) is 1. The molecule has 2 heterocycles. The molecule has 1 aromatic carbocycles. The molecule has 0 bridgehead atoms. The first-order chi connectivity index (χ1) is 8.75. The second-order valence-electron chi connectivity index (χ2n) is 4.25. The molecule has 1 aliphatic heterocycles. The van der Waals surface area contributed by atoms with Gasteiger partial charge in [0.2, 0.25) is 0 Å². The highest BCUT2D eigenvalue weighted by molar-refractivity contribution is 7.12. The van der Waals surface area contributed by atoms with Crippen LogP contribution in [0, 0.1) is 0 Å². The van der Waals surface area contributed by atoms with E-state index in [0.717, 1.165) is 24.2 Å². The number of fused-ring (bicyclic) bond motifs is 1. The van der Waals surface area contributed by atoms with Crippen molar-refractivity contribution >= 4 is 17.3 Å². The van der Waals surface area contributed by atoms with Gasteiger partial charge in [-0.05, 0) is 34.6 Å². The molecule has 2 aromatic rings. The summed E-state index contributed by atoms with van der Waals surface area (Å²) in [4.78, 5) is 11.5. The van der Waals surface area contributed by atoms with Crippen LogP contribution in [-0.2, 0) is 17.8 Å². The van der Waals surface area contributed by atoms with Gasteiger partial charge in [0.1, 0.15) is 4.88 Å². The summed E-state index contributed by atoms with van der Waals surface area (Å²) in [5.74, 6) is -0.860. The maximum absolute atomic E-state index is 11.1. The summed E-state index contributed by atoms with van der Waals surface area (Å²) in [5, 5.41) is 11.0. The van der Waals surface area contributed by atoms with Gasteiger partial charge in [-0.3, -0.25) is 0 Å². The molecule has 0 saturated heterocycles. The molecule has 3 rings (SSSR count). The van der Waals surface area contributed by atoms with E-state index < -0.39 is 5.97 Å². The van der Waals surface area contributed by atoms with Crippen molar-refractivity contribution in [1.82, 2.24) is 0 Å². The number of aromatic carboxylic acids is 1. The average Bonchev–Trinajstić information content (AvgIpc) is 2.87. The number of carboxylic acid groups (broad SMARTS) is 1. The Morgan fingerprint density at radius 2 is 2.17 bits per heavy atom. The number of ether oxygens (including phenoxy) is 1. The standard InChI is InChI=1S/C14H12O3S/c15-14(16)13-12(4-6-18-13)10-1-2-11-8-17-5-3-9(11)7-10/h1-2,4,6-7H,3,5,8H2,(H,15,16). The summed E-state index contributed by atoms with van der Waals surface area (Å²) < 4.78 is 5.40. The molecule has 0 unspecified atom stereocenters. The van der Waals surface area contributed by atoms with Crippen LogP contribution in [0.25, 0.3) is 11.1 Å². The first kappa shape index (κ1) is 11.4. The fraction of sp³-hybridized carbons (Fsp3) is 0.214. The zero-order valence-electron chi connectivity index (χ0n) is 9.68. The smallest absolute Gasteiger partial charge is 0.346 e. The Balaban J connectivity index is 2.06. The van der Waals surface area contributed by atoms with Crippen LogP contribution in [0.15, 0.2) is 29.6 Å². The van der Waals surface area contributed by atoms with Crippen LogP contribution in [0.2, 0.25) is 0 Å². The minimum atomic E-state index is -0.860. The van der Waals surface area contributed by atoms with Crippen molar-refractivity contribution in [3.05, 3.63) is 45.6 Å². The van der Waals surface area contributed by atoms with Crippen LogP contribution in [-0.4, -0.2) is 17.7 Å². The molecule has 0 spiro atoms. The molecule has 0 radical (unpaired) electrons. The van der Waals surface area contributed by atoms with Crippen LogP contribution in [0.5, 0.6) is 0 Å². The van der Waals surface area contributed by atoms with Crippen molar-refractivity contribution < 1.29 is 14.6 Å². The average molecular weight is 260 g/mol. The summed E-state index contributed by atoms with van der Waals surface area (Å²) in [6.07, 6.45) is 0.899. The molecule has 0 saturated carbocycles. The van der Waals surface area contributed by atoms with Crippen LogP contribution in [0.1, 0.15) is 20.8 Å². The van der Waals surface area contributed by atoms with E-state index in [4.69, 9.17) is 9.84 Å². The van der Waals surface area contributed by atoms with Crippen molar-refractivity contribution in [3.63, 3.8) is 0 Å². The molecule has 0 amide bonds. The van der Waals surface area contributed by atoms with Crippen molar-refractivity contribution in [2.24, 2.45) is 0 Å². The molecule has 3 nitrogen and oxygen atoms in total. The topological polar surface area (TPSA) is 46.5 Å². The van der Waals surface area contributed by atoms with Gasteiger partial charge in [0.15, 0.2) is 0 Å². The number of carbonyl (C=O) groups is 1. The Morgan fingerprint density at radius 1 is 1.28 bits per heavy atom. The van der Waals surface area contributed by atoms with Gasteiger partial charge in [-0.1, -0.05) is 18.2 Å². The Kier molecular flexibility index (Phi) is 2.89. The third-order valence-corrected chi connectivity index (χ3v) is 4.05. The maximum Gasteiger partial charge on any atom is 0.346 e. The lowest BCUT2D eigenvalue weighted by molar-refractivity contribution is 0.0703. The molecular formula is C14H12O3S. The monoisotopic (exact) mass is 260 g/mol. The molecule has 18 heavy (non-hydrogen) atoms. The SMILES string of the molecule is O=C(O)c1sccc1-c1ccc2c(c1)CCOC2. The van der Waals surface area contributed by atoms with E-state index in [1.54, 1.807) is 0 Å². The Hall–Kier alpha value is -1.65. The van der Waals surface area contributed by atoms with Crippen molar-refractivity contribution in [3.8, 4) is 11.1 Å². The van der Waals surface area contributed by atoms with Gasteiger partial charge in [-0.25, -0.2) is 4.79 Å². The van der Waals surface area contributed by atoms with Crippen LogP contribution in [0.3, 0.4) is 0 Å². The van der Waals surface area contributed by atoms with Gasteiger partial charge in [0.05, 0.1) is 13.2 Å². The first-order valence-corrected chi connectivity index (χ1v) is 6.64. The molecule has 0 aliphatic carbocycles. The Labute approximate surface area is 109 Å². The normalized spacial score (nSPS) is 14.2. The fourth-order valence-electron chi connectivity index (χ4n) is 2.23. The summed E-state index contributed by atoms with van der Waals surface area (Å²) in [6, 6.07) is 7.97. The van der Waals surface area contributed by atoms with E-state index in [2.05, 4.69) is 6.07 Å². The van der Waals surface area contributed by atoms with Gasteiger partial charge in [-0.15, -0.1) is 11.3 Å². The largest absolute Gasteiger partial charge is 0.477 e. The minimum Gasteiger partial charge on any atom is -0.477 e. The molecule has 92 valence electrons. The molecule has 1 N–H and O–H groups in total. The number of carboxylic acids is 1. The molecule has 0 fully saturated rings. The molecule has 4 heteroatoms. The zero-order chi connectivity index (χ0) is 12.5. The third kappa shape index (κ3) is 1.94. The molecule has 1 aromatic heterocycles. The molecule has 0 atom stereocenters. The van der Waals surface area contributed by atoms with Crippen LogP contribution in [0.4, 0.5) is 0 Å². The first-order valence-electron chi connectivity index (χ1n) is 5.76. The van der Waals surface area contributed by atoms with E-state index in [1.165, 1.54) is 22.5 Å². The summed E-state index contributed by atoms with van der Waals surface area (Å²) in [6.45, 7) is 1.40. The number of thiophene rings is 1. The van der Waals surface area contributed by atoms with Gasteiger partial charge < -0.3 is 9.84 Å². The highest BCUT2D eigenvalue weighted by Crippen LogP contribution is 2.31. The zero-order valence-corrected chi connectivity index (χ0v) is 10.5. The van der Waals surface area contributed by atoms with Gasteiger partial charge in [0, 0.05) is 5.56 Å². The molecular weight excluding hydrogens is 248 g/mol. The number of rotatable bonds is 2. The van der Waals surface area contributed by atoms with E-state index >= 15 is 0 Å². The van der Waals surface area contributed by atoms with E-state index in [0.29, 0.717) is 11.5 Å². The Bertz CT molecular complexity index is 601. The quantitative estimate of drug-likeness (QED) is 0.902. The lowest BCUT2D eigenvalue weighted by atomic mass is 9.97. The second-order valence-corrected chi connectivity index (χ2v) is 5.17. The predicted molar refractivity (Wildman–Crippen MR) is 70.1 cm³/mol. The number of benzene rings is 1. The van der Waals surface area contributed by atoms with E-state index in [9.17, 15) is 4.79 Å². The summed E-state index contributed by atoms with van der Waals surface area (Å²) in [7, 11) is 0. The minimum absolute atomic E-state index is 0.405. The third-order valence-electron chi connectivity index (χ3n) is 3.15. The van der Waals surface area contributed by atoms with Crippen LogP contribution < -0.4 is 0 Å². The van der Waals surface area contributed by atoms with Gasteiger partial charge in [0.25, 0.3) is 0 Å². The highest BCUT2D eigenvalue weighted by Gasteiger charge is 2.15. The van der Waals surface area contributed by atoms with Crippen LogP contribution >= 0.6 is 11.3 Å². The van der Waals surface area contributed by atoms with Crippen molar-refractivity contribution in [2.75, 3.05) is 6.61 Å².